The smallest absolute Gasteiger partial charge is 0.273 e. The van der Waals surface area contributed by atoms with Gasteiger partial charge in [-0.05, 0) is 51.0 Å². The molecule has 2 aliphatic rings. The molecule has 0 spiro atoms. The first-order valence-electron chi connectivity index (χ1n) is 9.75. The van der Waals surface area contributed by atoms with Crippen molar-refractivity contribution >= 4 is 17.5 Å². The van der Waals surface area contributed by atoms with Gasteiger partial charge in [0.25, 0.3) is 11.6 Å². The van der Waals surface area contributed by atoms with Gasteiger partial charge in [-0.25, -0.2) is 0 Å². The van der Waals surface area contributed by atoms with Crippen LogP contribution < -0.4 is 10.6 Å². The van der Waals surface area contributed by atoms with E-state index in [9.17, 15) is 19.7 Å². The fourth-order valence-electron chi connectivity index (χ4n) is 4.30. The van der Waals surface area contributed by atoms with E-state index in [1.54, 1.807) is 26.2 Å². The maximum Gasteiger partial charge on any atom is 0.273 e. The molecule has 1 aliphatic heterocycles. The summed E-state index contributed by atoms with van der Waals surface area (Å²) >= 11 is 0. The molecular weight excluding hydrogens is 362 g/mol. The average Bonchev–Trinajstić information content (AvgIpc) is 2.67. The highest BCUT2D eigenvalue weighted by Gasteiger charge is 2.39. The van der Waals surface area contributed by atoms with E-state index in [2.05, 4.69) is 10.6 Å². The highest BCUT2D eigenvalue weighted by Crippen LogP contribution is 2.35. The number of nitrogens with one attached hydrogen (secondary N) is 2. The highest BCUT2D eigenvalue weighted by atomic mass is 16.6. The molecular formula is C20H27N3O5. The number of nitrogens with zero attached hydrogens (tertiary/aromatic N) is 1. The Balaban J connectivity index is 1.51. The lowest BCUT2D eigenvalue weighted by Crippen LogP contribution is -2.53. The molecule has 1 aliphatic carbocycles. The molecule has 152 valence electrons. The molecule has 8 heteroatoms. The first-order valence-corrected chi connectivity index (χ1v) is 9.75. The largest absolute Gasteiger partial charge is 0.381 e. The minimum atomic E-state index is -0.493. The SMILES string of the molecule is COC1CCC2CC(CCNC(=O)c3ccc(C)c([N+](=O)[O-])c3)C(=O)NC2C1. The summed E-state index contributed by atoms with van der Waals surface area (Å²) in [7, 11) is 1.71. The number of piperidine rings is 1. The summed E-state index contributed by atoms with van der Waals surface area (Å²) in [4.78, 5) is 35.2. The first kappa shape index (κ1) is 20.3. The molecule has 28 heavy (non-hydrogen) atoms. The molecule has 4 unspecified atom stereocenters. The Kier molecular flexibility index (Phi) is 6.28. The number of hydrogen-bond acceptors (Lipinski definition) is 5. The van der Waals surface area contributed by atoms with Gasteiger partial charge in [-0.2, -0.15) is 0 Å². The second-order valence-electron chi connectivity index (χ2n) is 7.78. The van der Waals surface area contributed by atoms with E-state index < -0.39 is 4.92 Å². The second-order valence-corrected chi connectivity index (χ2v) is 7.78. The van der Waals surface area contributed by atoms with E-state index >= 15 is 0 Å². The minimum absolute atomic E-state index is 0.0400. The van der Waals surface area contributed by atoms with Crippen molar-refractivity contribution in [3.8, 4) is 0 Å². The van der Waals surface area contributed by atoms with Crippen molar-refractivity contribution in [3.05, 3.63) is 39.4 Å². The summed E-state index contributed by atoms with van der Waals surface area (Å²) in [5.74, 6) is 0.0218. The number of carbonyl (C=O) groups is 2. The highest BCUT2D eigenvalue weighted by molar-refractivity contribution is 5.95. The number of amides is 2. The molecule has 2 N–H and O–H groups in total. The number of nitro benzene ring substituents is 1. The van der Waals surface area contributed by atoms with Crippen LogP contribution in [0.15, 0.2) is 18.2 Å². The Morgan fingerprint density at radius 1 is 1.36 bits per heavy atom. The lowest BCUT2D eigenvalue weighted by Gasteiger charge is -2.41. The number of aryl methyl sites for hydroxylation is 1. The summed E-state index contributed by atoms with van der Waals surface area (Å²) in [6.45, 7) is 1.99. The van der Waals surface area contributed by atoms with Crippen molar-refractivity contribution in [2.45, 2.75) is 51.2 Å². The molecule has 1 aromatic rings. The Morgan fingerprint density at radius 3 is 2.86 bits per heavy atom. The molecule has 1 aromatic carbocycles. The Hall–Kier alpha value is -2.48. The average molecular weight is 389 g/mol. The summed E-state index contributed by atoms with van der Waals surface area (Å²) in [6, 6.07) is 4.61. The van der Waals surface area contributed by atoms with Gasteiger partial charge in [0.05, 0.1) is 11.0 Å². The fraction of sp³-hybridized carbons (Fsp3) is 0.600. The summed E-state index contributed by atoms with van der Waals surface area (Å²) in [5, 5.41) is 16.9. The fourth-order valence-corrected chi connectivity index (χ4v) is 4.30. The van der Waals surface area contributed by atoms with Gasteiger partial charge in [-0.3, -0.25) is 19.7 Å². The zero-order valence-corrected chi connectivity index (χ0v) is 16.3. The maximum atomic E-state index is 12.4. The Bertz CT molecular complexity index is 766. The van der Waals surface area contributed by atoms with E-state index in [1.165, 1.54) is 6.07 Å². The van der Waals surface area contributed by atoms with Crippen LogP contribution in [0.5, 0.6) is 0 Å². The zero-order chi connectivity index (χ0) is 20.3. The molecule has 3 rings (SSSR count). The normalized spacial score (nSPS) is 26.9. The van der Waals surface area contributed by atoms with Crippen LogP contribution in [0, 0.1) is 28.9 Å². The molecule has 4 atom stereocenters. The molecule has 2 fully saturated rings. The molecule has 0 bridgehead atoms. The van der Waals surface area contributed by atoms with Gasteiger partial charge in [0.2, 0.25) is 5.91 Å². The van der Waals surface area contributed by atoms with Gasteiger partial charge >= 0.3 is 0 Å². The van der Waals surface area contributed by atoms with Crippen molar-refractivity contribution in [1.29, 1.82) is 0 Å². The molecule has 0 radical (unpaired) electrons. The molecule has 1 saturated heterocycles. The second kappa shape index (κ2) is 8.68. The Morgan fingerprint density at radius 2 is 2.14 bits per heavy atom. The van der Waals surface area contributed by atoms with E-state index in [0.717, 1.165) is 25.7 Å². The topological polar surface area (TPSA) is 111 Å². The number of benzene rings is 1. The van der Waals surface area contributed by atoms with Crippen LogP contribution in [0.3, 0.4) is 0 Å². The first-order chi connectivity index (χ1) is 13.4. The zero-order valence-electron chi connectivity index (χ0n) is 16.3. The van der Waals surface area contributed by atoms with Crippen LogP contribution in [0.2, 0.25) is 0 Å². The third-order valence-electron chi connectivity index (χ3n) is 6.01. The van der Waals surface area contributed by atoms with Crippen molar-refractivity contribution in [2.75, 3.05) is 13.7 Å². The van der Waals surface area contributed by atoms with E-state index in [1.807, 2.05) is 0 Å². The van der Waals surface area contributed by atoms with Crippen LogP contribution in [-0.4, -0.2) is 42.5 Å². The van der Waals surface area contributed by atoms with Gasteiger partial charge in [0.1, 0.15) is 0 Å². The summed E-state index contributed by atoms with van der Waals surface area (Å²) < 4.78 is 5.43. The van der Waals surface area contributed by atoms with Crippen LogP contribution in [0.25, 0.3) is 0 Å². The quantitative estimate of drug-likeness (QED) is 0.573. The van der Waals surface area contributed by atoms with Gasteiger partial charge in [-0.15, -0.1) is 0 Å². The van der Waals surface area contributed by atoms with Crippen LogP contribution >= 0.6 is 0 Å². The van der Waals surface area contributed by atoms with Gasteiger partial charge in [-0.1, -0.05) is 6.07 Å². The predicted octanol–water partition coefficient (Wildman–Crippen LogP) is 2.34. The third-order valence-corrected chi connectivity index (χ3v) is 6.01. The monoisotopic (exact) mass is 389 g/mol. The number of nitro groups is 1. The van der Waals surface area contributed by atoms with E-state index in [-0.39, 0.29) is 41.1 Å². The summed E-state index contributed by atoms with van der Waals surface area (Å²) in [6.07, 6.45) is 4.53. The Labute approximate surface area is 164 Å². The standard InChI is InChI=1S/C20H27N3O5/c1-12-3-4-14(10-18(12)23(26)27)19(24)21-8-7-15-9-13-5-6-16(28-2)11-17(13)22-20(15)25/h3-4,10,13,15-17H,5-9,11H2,1-2H3,(H,21,24)(H,22,25). The van der Waals surface area contributed by atoms with Crippen LogP contribution in [-0.2, 0) is 9.53 Å². The minimum Gasteiger partial charge on any atom is -0.381 e. The van der Waals surface area contributed by atoms with Gasteiger partial charge in [0, 0.05) is 42.8 Å². The van der Waals surface area contributed by atoms with Gasteiger partial charge in [0.15, 0.2) is 0 Å². The van der Waals surface area contributed by atoms with Crippen molar-refractivity contribution in [1.82, 2.24) is 10.6 Å². The van der Waals surface area contributed by atoms with E-state index in [4.69, 9.17) is 4.74 Å². The molecule has 8 nitrogen and oxygen atoms in total. The number of hydrogen-bond donors (Lipinski definition) is 2. The van der Waals surface area contributed by atoms with Crippen molar-refractivity contribution in [3.63, 3.8) is 0 Å². The van der Waals surface area contributed by atoms with Gasteiger partial charge < -0.3 is 15.4 Å². The number of fused-ring (bicyclic) bond motifs is 1. The van der Waals surface area contributed by atoms with E-state index in [0.29, 0.717) is 24.4 Å². The third kappa shape index (κ3) is 4.49. The number of rotatable bonds is 6. The molecule has 1 saturated carbocycles. The number of ether oxygens (including phenoxy) is 1. The lowest BCUT2D eigenvalue weighted by atomic mass is 9.74. The predicted molar refractivity (Wildman–Crippen MR) is 103 cm³/mol. The van der Waals surface area contributed by atoms with Crippen LogP contribution in [0.1, 0.15) is 48.0 Å². The maximum absolute atomic E-state index is 12.4. The number of methoxy groups -OCH3 is 1. The molecule has 0 aromatic heterocycles. The number of carbonyl (C=O) groups excluding carboxylic acids is 2. The van der Waals surface area contributed by atoms with Crippen molar-refractivity contribution in [2.24, 2.45) is 11.8 Å². The summed E-state index contributed by atoms with van der Waals surface area (Å²) in [5.41, 5.74) is 0.693. The molecule has 2 amide bonds. The molecule has 1 heterocycles. The van der Waals surface area contributed by atoms with Crippen LogP contribution in [0.4, 0.5) is 5.69 Å². The van der Waals surface area contributed by atoms with Crippen molar-refractivity contribution < 1.29 is 19.2 Å². The lowest BCUT2D eigenvalue weighted by molar-refractivity contribution is -0.385.